The Hall–Kier alpha value is -1.16. The van der Waals surface area contributed by atoms with E-state index >= 15 is 0 Å². The first kappa shape index (κ1) is 14.3. The molecule has 0 bridgehead atoms. The van der Waals surface area contributed by atoms with Gasteiger partial charge in [0.2, 0.25) is 0 Å². The molecule has 2 rings (SSSR count). The SMILES string of the molecule is c1ccc(CNCCCOCCc2ccsc2)cc1. The molecule has 3 heteroatoms. The minimum Gasteiger partial charge on any atom is -0.381 e. The van der Waals surface area contributed by atoms with Gasteiger partial charge < -0.3 is 10.1 Å². The van der Waals surface area contributed by atoms with E-state index in [0.717, 1.165) is 39.1 Å². The summed E-state index contributed by atoms with van der Waals surface area (Å²) in [5.41, 5.74) is 2.72. The molecular formula is C16H21NOS. The topological polar surface area (TPSA) is 21.3 Å². The molecule has 0 atom stereocenters. The van der Waals surface area contributed by atoms with E-state index in [2.05, 4.69) is 46.4 Å². The largest absolute Gasteiger partial charge is 0.381 e. The van der Waals surface area contributed by atoms with E-state index < -0.39 is 0 Å². The van der Waals surface area contributed by atoms with Gasteiger partial charge in [-0.15, -0.1) is 0 Å². The molecule has 0 radical (unpaired) electrons. The summed E-state index contributed by atoms with van der Waals surface area (Å²) >= 11 is 1.75. The van der Waals surface area contributed by atoms with E-state index in [-0.39, 0.29) is 0 Å². The molecule has 0 spiro atoms. The van der Waals surface area contributed by atoms with Gasteiger partial charge in [0.25, 0.3) is 0 Å². The summed E-state index contributed by atoms with van der Waals surface area (Å²) in [6.45, 7) is 3.62. The van der Waals surface area contributed by atoms with Crippen LogP contribution in [-0.2, 0) is 17.7 Å². The average molecular weight is 275 g/mol. The Kier molecular flexibility index (Phi) is 6.65. The Morgan fingerprint density at radius 2 is 1.89 bits per heavy atom. The van der Waals surface area contributed by atoms with Gasteiger partial charge in [-0.25, -0.2) is 0 Å². The molecule has 1 aromatic carbocycles. The third kappa shape index (κ3) is 6.01. The second-order valence-corrected chi connectivity index (χ2v) is 5.29. The molecule has 0 amide bonds. The van der Waals surface area contributed by atoms with Crippen LogP contribution in [0.3, 0.4) is 0 Å². The van der Waals surface area contributed by atoms with Crippen molar-refractivity contribution in [1.29, 1.82) is 0 Å². The van der Waals surface area contributed by atoms with Crippen molar-refractivity contribution in [3.05, 3.63) is 58.3 Å². The first-order valence-corrected chi connectivity index (χ1v) is 7.73. The third-order valence-corrected chi connectivity index (χ3v) is 3.66. The van der Waals surface area contributed by atoms with Crippen LogP contribution in [0.15, 0.2) is 47.2 Å². The van der Waals surface area contributed by atoms with Crippen molar-refractivity contribution in [2.24, 2.45) is 0 Å². The first-order valence-electron chi connectivity index (χ1n) is 6.78. The highest BCUT2D eigenvalue weighted by Gasteiger charge is 1.94. The molecule has 19 heavy (non-hydrogen) atoms. The zero-order valence-corrected chi connectivity index (χ0v) is 12.0. The van der Waals surface area contributed by atoms with Crippen molar-refractivity contribution in [3.8, 4) is 0 Å². The lowest BCUT2D eigenvalue weighted by atomic mass is 10.2. The van der Waals surface area contributed by atoms with Crippen molar-refractivity contribution >= 4 is 11.3 Å². The van der Waals surface area contributed by atoms with Gasteiger partial charge >= 0.3 is 0 Å². The smallest absolute Gasteiger partial charge is 0.0506 e. The highest BCUT2D eigenvalue weighted by atomic mass is 32.1. The highest BCUT2D eigenvalue weighted by molar-refractivity contribution is 7.07. The maximum Gasteiger partial charge on any atom is 0.0506 e. The molecule has 0 unspecified atom stereocenters. The lowest BCUT2D eigenvalue weighted by molar-refractivity contribution is 0.134. The first-order chi connectivity index (χ1) is 9.45. The van der Waals surface area contributed by atoms with E-state index in [9.17, 15) is 0 Å². The van der Waals surface area contributed by atoms with E-state index in [0.29, 0.717) is 0 Å². The Morgan fingerprint density at radius 3 is 2.68 bits per heavy atom. The summed E-state index contributed by atoms with van der Waals surface area (Å²) in [5.74, 6) is 0. The van der Waals surface area contributed by atoms with Gasteiger partial charge in [0.15, 0.2) is 0 Å². The third-order valence-electron chi connectivity index (χ3n) is 2.93. The quantitative estimate of drug-likeness (QED) is 0.707. The predicted molar refractivity (Wildman–Crippen MR) is 81.6 cm³/mol. The molecule has 0 saturated heterocycles. The maximum absolute atomic E-state index is 5.62. The lowest BCUT2D eigenvalue weighted by Crippen LogP contribution is -2.16. The van der Waals surface area contributed by atoms with Crippen molar-refractivity contribution in [1.82, 2.24) is 5.32 Å². The van der Waals surface area contributed by atoms with E-state index in [1.54, 1.807) is 11.3 Å². The van der Waals surface area contributed by atoms with Gasteiger partial charge in [0.1, 0.15) is 0 Å². The zero-order chi connectivity index (χ0) is 13.2. The number of rotatable bonds is 9. The minimum absolute atomic E-state index is 0.829. The summed E-state index contributed by atoms with van der Waals surface area (Å²) in [5, 5.41) is 7.73. The lowest BCUT2D eigenvalue weighted by Gasteiger charge is -2.06. The highest BCUT2D eigenvalue weighted by Crippen LogP contribution is 2.06. The molecule has 2 aromatic rings. The number of nitrogens with one attached hydrogen (secondary N) is 1. The Bertz CT molecular complexity index is 427. The number of ether oxygens (including phenoxy) is 1. The Balaban J connectivity index is 1.42. The molecule has 1 N–H and O–H groups in total. The second kappa shape index (κ2) is 8.86. The molecule has 1 heterocycles. The summed E-state index contributed by atoms with van der Waals surface area (Å²) in [6.07, 6.45) is 2.09. The molecule has 1 aromatic heterocycles. The van der Waals surface area contributed by atoms with Crippen molar-refractivity contribution in [2.45, 2.75) is 19.4 Å². The van der Waals surface area contributed by atoms with Gasteiger partial charge in [0, 0.05) is 13.2 Å². The van der Waals surface area contributed by atoms with Gasteiger partial charge in [-0.1, -0.05) is 30.3 Å². The number of hydrogen-bond acceptors (Lipinski definition) is 3. The minimum atomic E-state index is 0.829. The monoisotopic (exact) mass is 275 g/mol. The Morgan fingerprint density at radius 1 is 1.00 bits per heavy atom. The summed E-state index contributed by atoms with van der Waals surface area (Å²) in [6, 6.07) is 12.6. The number of benzene rings is 1. The van der Waals surface area contributed by atoms with Crippen LogP contribution in [0.25, 0.3) is 0 Å². The fourth-order valence-corrected chi connectivity index (χ4v) is 2.56. The zero-order valence-electron chi connectivity index (χ0n) is 11.2. The fraction of sp³-hybridized carbons (Fsp3) is 0.375. The van der Waals surface area contributed by atoms with Gasteiger partial charge in [-0.2, -0.15) is 11.3 Å². The van der Waals surface area contributed by atoms with Crippen molar-refractivity contribution in [3.63, 3.8) is 0 Å². The predicted octanol–water partition coefficient (Wildman–Crippen LogP) is 3.49. The van der Waals surface area contributed by atoms with Crippen LogP contribution in [0.4, 0.5) is 0 Å². The van der Waals surface area contributed by atoms with Crippen LogP contribution >= 0.6 is 11.3 Å². The molecule has 0 aliphatic heterocycles. The summed E-state index contributed by atoms with van der Waals surface area (Å²) in [4.78, 5) is 0. The summed E-state index contributed by atoms with van der Waals surface area (Å²) in [7, 11) is 0. The van der Waals surface area contributed by atoms with Crippen LogP contribution in [0.2, 0.25) is 0 Å². The summed E-state index contributed by atoms with van der Waals surface area (Å²) < 4.78 is 5.62. The maximum atomic E-state index is 5.62. The van der Waals surface area contributed by atoms with Gasteiger partial charge in [0.05, 0.1) is 6.61 Å². The van der Waals surface area contributed by atoms with E-state index in [1.165, 1.54) is 11.1 Å². The normalized spacial score (nSPS) is 10.7. The standard InChI is InChI=1S/C16H21NOS/c1-2-5-15(6-3-1)13-17-9-4-10-18-11-7-16-8-12-19-14-16/h1-3,5-6,8,12,14,17H,4,7,9-11,13H2. The van der Waals surface area contributed by atoms with Gasteiger partial charge in [-0.05, 0) is 47.3 Å². The van der Waals surface area contributed by atoms with Crippen LogP contribution < -0.4 is 5.32 Å². The van der Waals surface area contributed by atoms with Crippen LogP contribution in [0.1, 0.15) is 17.5 Å². The molecule has 2 nitrogen and oxygen atoms in total. The van der Waals surface area contributed by atoms with Crippen LogP contribution in [0, 0.1) is 0 Å². The van der Waals surface area contributed by atoms with Crippen molar-refractivity contribution < 1.29 is 4.74 Å². The molecule has 0 saturated carbocycles. The van der Waals surface area contributed by atoms with Gasteiger partial charge in [-0.3, -0.25) is 0 Å². The van der Waals surface area contributed by atoms with Crippen LogP contribution in [-0.4, -0.2) is 19.8 Å². The average Bonchev–Trinajstić information content (AvgIpc) is 2.96. The number of thiophene rings is 1. The van der Waals surface area contributed by atoms with Crippen molar-refractivity contribution in [2.75, 3.05) is 19.8 Å². The Labute approximate surface area is 119 Å². The molecule has 102 valence electrons. The molecule has 0 aliphatic carbocycles. The van der Waals surface area contributed by atoms with Crippen LogP contribution in [0.5, 0.6) is 0 Å². The fourth-order valence-electron chi connectivity index (χ4n) is 1.85. The van der Waals surface area contributed by atoms with E-state index in [1.807, 2.05) is 6.07 Å². The molecule has 0 fully saturated rings. The molecule has 0 aliphatic rings. The number of hydrogen-bond donors (Lipinski definition) is 1. The van der Waals surface area contributed by atoms with E-state index in [4.69, 9.17) is 4.74 Å². The molecular weight excluding hydrogens is 254 g/mol. The second-order valence-electron chi connectivity index (χ2n) is 4.51.